The molecular weight excluding hydrogens is 603 g/mol. The Morgan fingerprint density at radius 1 is 1.16 bits per heavy atom. The third kappa shape index (κ3) is 5.57. The number of aromatic nitrogens is 3. The lowest BCUT2D eigenvalue weighted by molar-refractivity contribution is -0.0712. The molecule has 0 spiro atoms. The molecule has 2 aromatic heterocycles. The van der Waals surface area contributed by atoms with Gasteiger partial charge >= 0.3 is 5.97 Å². The molecule has 4 aromatic rings. The van der Waals surface area contributed by atoms with Crippen molar-refractivity contribution < 1.29 is 32.9 Å². The number of carboxylic acid groups (broad SMARTS) is 1. The maximum Gasteiger partial charge on any atom is 0.357 e. The van der Waals surface area contributed by atoms with Crippen molar-refractivity contribution in [2.24, 2.45) is 0 Å². The summed E-state index contributed by atoms with van der Waals surface area (Å²) >= 11 is 5.98. The highest BCUT2D eigenvalue weighted by Gasteiger charge is 2.43. The van der Waals surface area contributed by atoms with Crippen LogP contribution in [0.3, 0.4) is 0 Å². The molecule has 2 saturated heterocycles. The number of aryl methyl sites for hydroxylation is 1. The van der Waals surface area contributed by atoms with Crippen molar-refractivity contribution in [3.8, 4) is 23.1 Å². The minimum atomic E-state index is -1.29. The van der Waals surface area contributed by atoms with Gasteiger partial charge in [0.2, 0.25) is 5.89 Å². The number of aromatic carboxylic acids is 1. The first-order valence-electron chi connectivity index (χ1n) is 15.3. The van der Waals surface area contributed by atoms with Gasteiger partial charge in [0.1, 0.15) is 23.6 Å². The quantitative estimate of drug-likeness (QED) is 0.223. The van der Waals surface area contributed by atoms with Crippen LogP contribution in [0.1, 0.15) is 72.2 Å². The number of rotatable bonds is 9. The number of oxazole rings is 1. The molecule has 1 N–H and O–H groups in total. The molecule has 45 heavy (non-hydrogen) atoms. The smallest absolute Gasteiger partial charge is 0.357 e. The Labute approximate surface area is 264 Å². The minimum Gasteiger partial charge on any atom is -0.476 e. The Bertz CT molecular complexity index is 1740. The minimum absolute atomic E-state index is 0.0653. The van der Waals surface area contributed by atoms with E-state index >= 15 is 0 Å². The standard InChI is InChI=1S/C33H34ClFN4O6/c1-3-25-29(31-37-26(18-43-31)32(40)41)39(16-21-11-14-42-21)28(36-25)17-38-12-9-19(10-13-38)22-5-4-6-27-30(22)45-33(2,44-27)23-8-7-20(34)15-24(23)35/h4-8,15,18-19,21H,3,9-14,16-17H2,1-2H3,(H,40,41)/t21-,33+/m1/s1. The number of hydrogen-bond acceptors (Lipinski definition) is 8. The normalized spacial score (nSPS) is 21.6. The largest absolute Gasteiger partial charge is 0.476 e. The van der Waals surface area contributed by atoms with Gasteiger partial charge in [0.25, 0.3) is 5.79 Å². The second-order valence-electron chi connectivity index (χ2n) is 11.9. The van der Waals surface area contributed by atoms with Crippen molar-refractivity contribution in [3.63, 3.8) is 0 Å². The van der Waals surface area contributed by atoms with Gasteiger partial charge in [-0.1, -0.05) is 30.7 Å². The number of nitrogens with zero attached hydrogens (tertiary/aromatic N) is 4. The fourth-order valence-electron chi connectivity index (χ4n) is 6.51. The van der Waals surface area contributed by atoms with E-state index in [-0.39, 0.29) is 23.6 Å². The SMILES string of the molecule is CCc1nc(CN2CCC(c3cccc4c3O[C@@](C)(c3ccc(Cl)cc3F)O4)CC2)n(C[C@H]2CCO2)c1-c1nc(C(=O)O)co1. The highest BCUT2D eigenvalue weighted by atomic mass is 35.5. The number of carbonyl (C=O) groups is 1. The first kappa shape index (κ1) is 29.8. The summed E-state index contributed by atoms with van der Waals surface area (Å²) < 4.78 is 40.9. The van der Waals surface area contributed by atoms with Gasteiger partial charge in [-0.05, 0) is 69.0 Å². The van der Waals surface area contributed by atoms with E-state index in [1.807, 2.05) is 19.1 Å². The molecular formula is C33H34ClFN4O6. The molecule has 236 valence electrons. The van der Waals surface area contributed by atoms with E-state index in [0.29, 0.717) is 47.3 Å². The highest BCUT2D eigenvalue weighted by molar-refractivity contribution is 6.30. The lowest BCUT2D eigenvalue weighted by atomic mass is 9.88. The van der Waals surface area contributed by atoms with Gasteiger partial charge in [0, 0.05) is 24.1 Å². The van der Waals surface area contributed by atoms with Crippen LogP contribution >= 0.6 is 11.6 Å². The van der Waals surface area contributed by atoms with E-state index in [0.717, 1.165) is 56.0 Å². The van der Waals surface area contributed by atoms with Crippen LogP contribution in [0.15, 0.2) is 47.1 Å². The fourth-order valence-corrected chi connectivity index (χ4v) is 6.67. The van der Waals surface area contributed by atoms with Gasteiger partial charge in [0.15, 0.2) is 17.2 Å². The third-order valence-corrected chi connectivity index (χ3v) is 9.22. The van der Waals surface area contributed by atoms with Gasteiger partial charge in [0.05, 0.1) is 30.5 Å². The summed E-state index contributed by atoms with van der Waals surface area (Å²) in [5, 5.41) is 9.72. The van der Waals surface area contributed by atoms with Crippen molar-refractivity contribution in [1.29, 1.82) is 0 Å². The van der Waals surface area contributed by atoms with Gasteiger partial charge in [-0.25, -0.2) is 19.2 Å². The maximum atomic E-state index is 14.9. The summed E-state index contributed by atoms with van der Waals surface area (Å²) in [4.78, 5) is 23.1. The Kier molecular flexibility index (Phi) is 7.79. The van der Waals surface area contributed by atoms with E-state index in [2.05, 4.69) is 20.5 Å². The summed E-state index contributed by atoms with van der Waals surface area (Å²) in [5.74, 6) is -0.272. The number of para-hydroxylation sites is 1. The van der Waals surface area contributed by atoms with Crippen molar-refractivity contribution in [1.82, 2.24) is 19.4 Å². The molecule has 0 radical (unpaired) electrons. The van der Waals surface area contributed by atoms with Gasteiger partial charge in [-0.15, -0.1) is 0 Å². The summed E-state index contributed by atoms with van der Waals surface area (Å²) in [7, 11) is 0. The zero-order chi connectivity index (χ0) is 31.3. The number of piperidine rings is 1. The first-order valence-corrected chi connectivity index (χ1v) is 15.7. The number of hydrogen-bond donors (Lipinski definition) is 1. The molecule has 0 saturated carbocycles. The van der Waals surface area contributed by atoms with Crippen molar-refractivity contribution in [3.05, 3.63) is 81.8 Å². The Hall–Kier alpha value is -3.93. The number of benzene rings is 2. The van der Waals surface area contributed by atoms with Crippen molar-refractivity contribution in [2.75, 3.05) is 19.7 Å². The molecule has 0 bridgehead atoms. The number of fused-ring (bicyclic) bond motifs is 1. The van der Waals surface area contributed by atoms with Crippen molar-refractivity contribution >= 4 is 17.6 Å². The van der Waals surface area contributed by atoms with Crippen LogP contribution in [-0.2, 0) is 30.0 Å². The van der Waals surface area contributed by atoms with Gasteiger partial charge in [-0.3, -0.25) is 4.90 Å². The Balaban J connectivity index is 1.09. The first-order chi connectivity index (χ1) is 21.7. The summed E-state index contributed by atoms with van der Waals surface area (Å²) in [6.45, 7) is 7.36. The highest BCUT2D eigenvalue weighted by Crippen LogP contribution is 2.50. The molecule has 2 atom stereocenters. The Morgan fingerprint density at radius 2 is 1.96 bits per heavy atom. The lowest BCUT2D eigenvalue weighted by Crippen LogP contribution is -2.35. The summed E-state index contributed by atoms with van der Waals surface area (Å²) in [6, 6.07) is 10.4. The van der Waals surface area contributed by atoms with Crippen LogP contribution in [0, 0.1) is 5.82 Å². The third-order valence-electron chi connectivity index (χ3n) is 8.98. The fraction of sp³-hybridized carbons (Fsp3) is 0.424. The molecule has 0 unspecified atom stereocenters. The zero-order valence-electron chi connectivity index (χ0n) is 25.1. The average molecular weight is 637 g/mol. The molecule has 5 heterocycles. The predicted molar refractivity (Wildman–Crippen MR) is 162 cm³/mol. The molecule has 7 rings (SSSR count). The maximum absolute atomic E-state index is 14.9. The average Bonchev–Trinajstić information content (AvgIpc) is 3.70. The van der Waals surface area contributed by atoms with E-state index in [9.17, 15) is 14.3 Å². The van der Waals surface area contributed by atoms with Crippen LogP contribution in [0.5, 0.6) is 11.5 Å². The molecule has 3 aliphatic heterocycles. The molecule has 10 nitrogen and oxygen atoms in total. The molecule has 3 aliphatic rings. The molecule has 0 aliphatic carbocycles. The second kappa shape index (κ2) is 11.8. The monoisotopic (exact) mass is 636 g/mol. The second-order valence-corrected chi connectivity index (χ2v) is 12.3. The van der Waals surface area contributed by atoms with Crippen LogP contribution in [-0.4, -0.2) is 56.3 Å². The van der Waals surface area contributed by atoms with E-state index in [4.69, 9.17) is 35.2 Å². The van der Waals surface area contributed by atoms with Crippen LogP contribution in [0.25, 0.3) is 11.6 Å². The van der Waals surface area contributed by atoms with E-state index in [1.54, 1.807) is 19.1 Å². The number of carboxylic acids is 1. The van der Waals surface area contributed by atoms with Crippen LogP contribution < -0.4 is 9.47 Å². The predicted octanol–water partition coefficient (Wildman–Crippen LogP) is 6.40. The van der Waals surface area contributed by atoms with Crippen LogP contribution in [0.4, 0.5) is 4.39 Å². The van der Waals surface area contributed by atoms with E-state index < -0.39 is 17.6 Å². The van der Waals surface area contributed by atoms with Crippen molar-refractivity contribution in [2.45, 2.75) is 70.4 Å². The van der Waals surface area contributed by atoms with E-state index in [1.165, 1.54) is 12.3 Å². The molecule has 12 heteroatoms. The molecule has 0 amide bonds. The summed E-state index contributed by atoms with van der Waals surface area (Å²) in [5.41, 5.74) is 2.74. The molecule has 2 fully saturated rings. The van der Waals surface area contributed by atoms with Crippen LogP contribution in [0.2, 0.25) is 5.02 Å². The molecule has 2 aromatic carbocycles. The summed E-state index contributed by atoms with van der Waals surface area (Å²) in [6.07, 6.45) is 4.62. The Morgan fingerprint density at radius 3 is 2.62 bits per heavy atom. The topological polar surface area (TPSA) is 112 Å². The number of halogens is 2. The number of likely N-dealkylation sites (tertiary alicyclic amines) is 1. The van der Waals surface area contributed by atoms with Gasteiger partial charge < -0.3 is 28.3 Å². The number of imidazole rings is 1. The lowest BCUT2D eigenvalue weighted by Gasteiger charge is -2.33. The zero-order valence-corrected chi connectivity index (χ0v) is 25.8. The van der Waals surface area contributed by atoms with Gasteiger partial charge in [-0.2, -0.15) is 0 Å². The number of ether oxygens (including phenoxy) is 3.